The molecule has 0 aromatic heterocycles. The number of sulfonamides is 1. The van der Waals surface area contributed by atoms with E-state index in [1.165, 1.54) is 30.3 Å². The van der Waals surface area contributed by atoms with E-state index >= 15 is 0 Å². The molecular formula is C13H12ClN3O4S. The van der Waals surface area contributed by atoms with Crippen molar-refractivity contribution in [1.82, 2.24) is 0 Å². The molecule has 116 valence electrons. The van der Waals surface area contributed by atoms with Gasteiger partial charge in [0.15, 0.2) is 0 Å². The molecule has 0 aliphatic rings. The Morgan fingerprint density at radius 3 is 2.32 bits per heavy atom. The van der Waals surface area contributed by atoms with Crippen molar-refractivity contribution in [3.8, 4) is 0 Å². The van der Waals surface area contributed by atoms with Gasteiger partial charge in [0.05, 0.1) is 26.9 Å². The highest BCUT2D eigenvalue weighted by Crippen LogP contribution is 2.25. The first-order valence-electron chi connectivity index (χ1n) is 5.91. The molecule has 0 radical (unpaired) electrons. The van der Waals surface area contributed by atoms with E-state index in [4.69, 9.17) is 28.2 Å². The number of carbonyl (C=O) groups is 1. The normalized spacial score (nSPS) is 11.1. The lowest BCUT2D eigenvalue weighted by molar-refractivity contribution is 0.0698. The molecular weight excluding hydrogens is 330 g/mol. The molecule has 0 fully saturated rings. The van der Waals surface area contributed by atoms with Crippen molar-refractivity contribution in [2.24, 2.45) is 0 Å². The smallest absolute Gasteiger partial charge is 0.337 e. The molecule has 9 heteroatoms. The fourth-order valence-electron chi connectivity index (χ4n) is 1.69. The maximum atomic E-state index is 12.3. The molecule has 0 saturated carbocycles. The number of anilines is 3. The molecule has 2 rings (SSSR count). The first-order chi connectivity index (χ1) is 10.2. The standard InChI is InChI=1S/C13H12ClN3O4S/c14-10-5-7(1-3-12(10)16)17-22(20,21)8-2-4-11(15)9(6-8)13(18)19/h1-6,17H,15-16H2,(H,18,19). The molecule has 2 aromatic rings. The summed E-state index contributed by atoms with van der Waals surface area (Å²) in [5.41, 5.74) is 11.2. The molecule has 6 N–H and O–H groups in total. The lowest BCUT2D eigenvalue weighted by atomic mass is 10.2. The number of halogens is 1. The average molecular weight is 342 g/mol. The summed E-state index contributed by atoms with van der Waals surface area (Å²) >= 11 is 5.82. The van der Waals surface area contributed by atoms with Crippen LogP contribution in [-0.4, -0.2) is 19.5 Å². The first-order valence-corrected chi connectivity index (χ1v) is 7.77. The van der Waals surface area contributed by atoms with Crippen molar-refractivity contribution in [3.63, 3.8) is 0 Å². The third-order valence-corrected chi connectivity index (χ3v) is 4.52. The Hall–Kier alpha value is -2.45. The minimum Gasteiger partial charge on any atom is -0.478 e. The zero-order chi connectivity index (χ0) is 16.5. The predicted molar refractivity (Wildman–Crippen MR) is 84.5 cm³/mol. The zero-order valence-electron chi connectivity index (χ0n) is 11.1. The van der Waals surface area contributed by atoms with Crippen LogP contribution in [0, 0.1) is 0 Å². The maximum absolute atomic E-state index is 12.3. The van der Waals surface area contributed by atoms with Crippen LogP contribution in [0.5, 0.6) is 0 Å². The van der Waals surface area contributed by atoms with Crippen LogP contribution in [-0.2, 0) is 10.0 Å². The van der Waals surface area contributed by atoms with Gasteiger partial charge in [0.25, 0.3) is 10.0 Å². The number of nitrogens with one attached hydrogen (secondary N) is 1. The summed E-state index contributed by atoms with van der Waals surface area (Å²) in [5.74, 6) is -1.31. The number of benzene rings is 2. The van der Waals surface area contributed by atoms with Gasteiger partial charge in [-0.15, -0.1) is 0 Å². The Balaban J connectivity index is 2.40. The van der Waals surface area contributed by atoms with Crippen molar-refractivity contribution in [3.05, 3.63) is 47.0 Å². The summed E-state index contributed by atoms with van der Waals surface area (Å²) in [6, 6.07) is 7.65. The predicted octanol–water partition coefficient (Wildman–Crippen LogP) is 2.00. The topological polar surface area (TPSA) is 136 Å². The van der Waals surface area contributed by atoms with Gasteiger partial charge in [-0.3, -0.25) is 4.72 Å². The molecule has 0 aliphatic carbocycles. The lowest BCUT2D eigenvalue weighted by Gasteiger charge is -2.10. The van der Waals surface area contributed by atoms with Gasteiger partial charge in [-0.2, -0.15) is 0 Å². The molecule has 22 heavy (non-hydrogen) atoms. The number of hydrogen-bond acceptors (Lipinski definition) is 5. The first kappa shape index (κ1) is 15.9. The summed E-state index contributed by atoms with van der Waals surface area (Å²) in [6.07, 6.45) is 0. The summed E-state index contributed by atoms with van der Waals surface area (Å²) < 4.78 is 26.8. The van der Waals surface area contributed by atoms with Crippen LogP contribution in [0.3, 0.4) is 0 Å². The largest absolute Gasteiger partial charge is 0.478 e. The monoisotopic (exact) mass is 341 g/mol. The van der Waals surface area contributed by atoms with Gasteiger partial charge in [-0.25, -0.2) is 13.2 Å². The van der Waals surface area contributed by atoms with Gasteiger partial charge < -0.3 is 16.6 Å². The Morgan fingerprint density at radius 1 is 1.09 bits per heavy atom. The van der Waals surface area contributed by atoms with Crippen LogP contribution in [0.15, 0.2) is 41.3 Å². The summed E-state index contributed by atoms with van der Waals surface area (Å²) in [5, 5.41) is 9.18. The van der Waals surface area contributed by atoms with Crippen molar-refractivity contribution in [2.45, 2.75) is 4.90 Å². The van der Waals surface area contributed by atoms with E-state index < -0.39 is 16.0 Å². The second-order valence-corrected chi connectivity index (χ2v) is 6.49. The van der Waals surface area contributed by atoms with Gasteiger partial charge in [0.1, 0.15) is 0 Å². The average Bonchev–Trinajstić information content (AvgIpc) is 2.42. The quantitative estimate of drug-likeness (QED) is 0.628. The van der Waals surface area contributed by atoms with Crippen molar-refractivity contribution in [1.29, 1.82) is 0 Å². The molecule has 0 spiro atoms. The fraction of sp³-hybridized carbons (Fsp3) is 0. The lowest BCUT2D eigenvalue weighted by Crippen LogP contribution is -2.14. The van der Waals surface area contributed by atoms with E-state index in [0.717, 1.165) is 6.07 Å². The van der Waals surface area contributed by atoms with E-state index in [1.807, 2.05) is 0 Å². The molecule has 0 saturated heterocycles. The molecule has 0 amide bonds. The van der Waals surface area contributed by atoms with E-state index in [2.05, 4.69) is 4.72 Å². The minimum absolute atomic E-state index is 0.0259. The summed E-state index contributed by atoms with van der Waals surface area (Å²) in [4.78, 5) is 10.8. The Labute approximate surface area is 131 Å². The third-order valence-electron chi connectivity index (χ3n) is 2.82. The minimum atomic E-state index is -3.98. The second-order valence-electron chi connectivity index (χ2n) is 4.40. The van der Waals surface area contributed by atoms with Crippen LogP contribution in [0.4, 0.5) is 17.1 Å². The molecule has 0 heterocycles. The maximum Gasteiger partial charge on any atom is 0.337 e. The fourth-order valence-corrected chi connectivity index (χ4v) is 2.95. The van der Waals surface area contributed by atoms with Gasteiger partial charge in [-0.05, 0) is 36.4 Å². The summed E-state index contributed by atoms with van der Waals surface area (Å²) in [6.45, 7) is 0. The Morgan fingerprint density at radius 2 is 1.73 bits per heavy atom. The number of nitrogen functional groups attached to an aromatic ring is 2. The van der Waals surface area contributed by atoms with Gasteiger partial charge >= 0.3 is 5.97 Å². The van der Waals surface area contributed by atoms with E-state index in [1.54, 1.807) is 0 Å². The highest BCUT2D eigenvalue weighted by Gasteiger charge is 2.18. The molecule has 0 unspecified atom stereocenters. The Kier molecular flexibility index (Phi) is 4.16. The number of carboxylic acids is 1. The number of nitrogens with two attached hydrogens (primary N) is 2. The van der Waals surface area contributed by atoms with Crippen LogP contribution >= 0.6 is 11.6 Å². The highest BCUT2D eigenvalue weighted by molar-refractivity contribution is 7.92. The van der Waals surface area contributed by atoms with E-state index in [0.29, 0.717) is 5.69 Å². The van der Waals surface area contributed by atoms with E-state index in [9.17, 15) is 13.2 Å². The second kappa shape index (κ2) is 5.74. The van der Waals surface area contributed by atoms with Crippen molar-refractivity contribution < 1.29 is 18.3 Å². The van der Waals surface area contributed by atoms with Crippen LogP contribution in [0.1, 0.15) is 10.4 Å². The number of carboxylic acid groups (broad SMARTS) is 1. The van der Waals surface area contributed by atoms with Gasteiger partial charge in [0.2, 0.25) is 0 Å². The molecule has 0 atom stereocenters. The third kappa shape index (κ3) is 3.23. The van der Waals surface area contributed by atoms with Crippen LogP contribution in [0.2, 0.25) is 5.02 Å². The SMILES string of the molecule is Nc1ccc(NS(=O)(=O)c2ccc(N)c(C(=O)O)c2)cc1Cl. The molecule has 7 nitrogen and oxygen atoms in total. The Bertz CT molecular complexity index is 852. The number of hydrogen-bond donors (Lipinski definition) is 4. The zero-order valence-corrected chi connectivity index (χ0v) is 12.6. The molecule has 0 bridgehead atoms. The number of aromatic carboxylic acids is 1. The van der Waals surface area contributed by atoms with Gasteiger partial charge in [0, 0.05) is 5.69 Å². The van der Waals surface area contributed by atoms with Crippen LogP contribution in [0.25, 0.3) is 0 Å². The summed E-state index contributed by atoms with van der Waals surface area (Å²) in [7, 11) is -3.98. The molecule has 2 aromatic carbocycles. The molecule has 0 aliphatic heterocycles. The van der Waals surface area contributed by atoms with Crippen molar-refractivity contribution >= 4 is 44.7 Å². The number of rotatable bonds is 4. The van der Waals surface area contributed by atoms with E-state index in [-0.39, 0.29) is 26.9 Å². The van der Waals surface area contributed by atoms with Crippen LogP contribution < -0.4 is 16.2 Å². The van der Waals surface area contributed by atoms with Crippen molar-refractivity contribution in [2.75, 3.05) is 16.2 Å². The van der Waals surface area contributed by atoms with Gasteiger partial charge in [-0.1, -0.05) is 11.6 Å². The highest BCUT2D eigenvalue weighted by atomic mass is 35.5.